The Morgan fingerprint density at radius 2 is 2.03 bits per heavy atom. The zero-order valence-electron chi connectivity index (χ0n) is 18.5. The zero-order valence-corrected chi connectivity index (χ0v) is 18.5. The Kier molecular flexibility index (Phi) is 6.35. The maximum absolute atomic E-state index is 13.5. The van der Waals surface area contributed by atoms with Crippen molar-refractivity contribution in [1.29, 1.82) is 0 Å². The van der Waals surface area contributed by atoms with Gasteiger partial charge in [0, 0.05) is 44.8 Å². The summed E-state index contributed by atoms with van der Waals surface area (Å²) in [5.41, 5.74) is 3.39. The average Bonchev–Trinajstić information content (AvgIpc) is 3.35. The average molecular weight is 450 g/mol. The fourth-order valence-electron chi connectivity index (χ4n) is 4.69. The number of hydrogen-bond acceptors (Lipinski definition) is 5. The van der Waals surface area contributed by atoms with Gasteiger partial charge < -0.3 is 14.7 Å². The van der Waals surface area contributed by atoms with Crippen LogP contribution in [-0.2, 0) is 13.0 Å². The molecular weight excluding hydrogens is 421 g/mol. The number of aromatic nitrogens is 2. The van der Waals surface area contributed by atoms with Gasteiger partial charge in [0.15, 0.2) is 0 Å². The van der Waals surface area contributed by atoms with Crippen molar-refractivity contribution in [3.8, 4) is 11.4 Å². The van der Waals surface area contributed by atoms with Gasteiger partial charge in [-0.25, -0.2) is 9.18 Å². The molecule has 1 unspecified atom stereocenters. The van der Waals surface area contributed by atoms with Crippen LogP contribution in [0.15, 0.2) is 53.1 Å². The number of carbonyl (C=O) groups is 1. The Hall–Kier alpha value is -3.26. The lowest BCUT2D eigenvalue weighted by Crippen LogP contribution is -2.47. The fourth-order valence-corrected chi connectivity index (χ4v) is 4.69. The van der Waals surface area contributed by atoms with Crippen molar-refractivity contribution in [3.05, 3.63) is 71.4 Å². The molecule has 2 amide bonds. The van der Waals surface area contributed by atoms with Crippen LogP contribution in [0.1, 0.15) is 35.8 Å². The third kappa shape index (κ3) is 5.06. The van der Waals surface area contributed by atoms with Gasteiger partial charge >= 0.3 is 6.03 Å². The van der Waals surface area contributed by atoms with Gasteiger partial charge in [0.05, 0.1) is 5.92 Å². The molecule has 2 aliphatic heterocycles. The van der Waals surface area contributed by atoms with Gasteiger partial charge in [-0.2, -0.15) is 4.98 Å². The summed E-state index contributed by atoms with van der Waals surface area (Å²) in [6, 6.07) is 14.6. The van der Waals surface area contributed by atoms with Crippen molar-refractivity contribution < 1.29 is 13.7 Å². The molecule has 0 bridgehead atoms. The Bertz CT molecular complexity index is 1120. The molecule has 8 heteroatoms. The lowest BCUT2D eigenvalue weighted by Gasteiger charge is -2.32. The van der Waals surface area contributed by atoms with Crippen molar-refractivity contribution in [3.63, 3.8) is 0 Å². The van der Waals surface area contributed by atoms with Crippen LogP contribution in [0.2, 0.25) is 0 Å². The van der Waals surface area contributed by atoms with E-state index in [0.717, 1.165) is 38.9 Å². The van der Waals surface area contributed by atoms with E-state index < -0.39 is 0 Å². The van der Waals surface area contributed by atoms with Crippen LogP contribution in [-0.4, -0.2) is 58.7 Å². The Morgan fingerprint density at radius 1 is 1.15 bits per heavy atom. The van der Waals surface area contributed by atoms with Gasteiger partial charge in [-0.3, -0.25) is 4.90 Å². The first-order chi connectivity index (χ1) is 16.2. The zero-order chi connectivity index (χ0) is 22.6. The number of amides is 2. The Labute approximate surface area is 192 Å². The van der Waals surface area contributed by atoms with Crippen molar-refractivity contribution in [2.75, 3.05) is 32.7 Å². The number of nitrogens with one attached hydrogen (secondary N) is 1. The highest BCUT2D eigenvalue weighted by atomic mass is 19.1. The highest BCUT2D eigenvalue weighted by Crippen LogP contribution is 2.28. The van der Waals surface area contributed by atoms with E-state index in [1.54, 1.807) is 12.1 Å². The summed E-state index contributed by atoms with van der Waals surface area (Å²) >= 11 is 0. The van der Waals surface area contributed by atoms with E-state index in [4.69, 9.17) is 4.52 Å². The molecule has 1 fully saturated rings. The molecule has 5 rings (SSSR count). The lowest BCUT2D eigenvalue weighted by atomic mass is 9.98. The molecule has 3 aromatic rings. The molecule has 0 spiro atoms. The minimum atomic E-state index is -0.340. The van der Waals surface area contributed by atoms with Crippen LogP contribution in [0.25, 0.3) is 11.4 Å². The number of carbonyl (C=O) groups excluding carboxylic acids is 1. The predicted molar refractivity (Wildman–Crippen MR) is 122 cm³/mol. The van der Waals surface area contributed by atoms with Crippen molar-refractivity contribution in [2.24, 2.45) is 0 Å². The van der Waals surface area contributed by atoms with Crippen LogP contribution in [0.5, 0.6) is 0 Å². The second-order valence-corrected chi connectivity index (χ2v) is 8.78. The van der Waals surface area contributed by atoms with Crippen LogP contribution < -0.4 is 5.32 Å². The van der Waals surface area contributed by atoms with Gasteiger partial charge in [-0.15, -0.1) is 0 Å². The summed E-state index contributed by atoms with van der Waals surface area (Å²) in [4.78, 5) is 21.4. The largest absolute Gasteiger partial charge is 0.339 e. The first kappa shape index (κ1) is 21.6. The summed E-state index contributed by atoms with van der Waals surface area (Å²) in [6.07, 6.45) is 2.81. The van der Waals surface area contributed by atoms with Gasteiger partial charge in [0.25, 0.3) is 0 Å². The van der Waals surface area contributed by atoms with Crippen molar-refractivity contribution in [1.82, 2.24) is 25.3 Å². The smallest absolute Gasteiger partial charge is 0.317 e. The van der Waals surface area contributed by atoms with Crippen LogP contribution in [0.3, 0.4) is 0 Å². The van der Waals surface area contributed by atoms with E-state index in [0.29, 0.717) is 36.9 Å². The van der Waals surface area contributed by atoms with E-state index in [1.165, 1.54) is 23.3 Å². The number of hydrogen-bond donors (Lipinski definition) is 1. The standard InChI is InChI=1S/C25H28FN5O2/c26-22-9-3-7-19(15-22)23-28-24(33-29-23)21-8-4-12-31(17-21)25(32)27-11-14-30-13-10-18-5-1-2-6-20(18)16-30/h1-3,5-7,9,15,21H,4,8,10-14,16-17H2,(H,27,32). The molecular formula is C25H28FN5O2. The van der Waals surface area contributed by atoms with E-state index in [1.807, 2.05) is 4.90 Å². The maximum Gasteiger partial charge on any atom is 0.317 e. The third-order valence-corrected chi connectivity index (χ3v) is 6.50. The van der Waals surface area contributed by atoms with Crippen LogP contribution in [0.4, 0.5) is 9.18 Å². The quantitative estimate of drug-likeness (QED) is 0.641. The molecule has 0 radical (unpaired) electrons. The SMILES string of the molecule is O=C(NCCN1CCc2ccccc2C1)N1CCCC(c2nc(-c3cccc(F)c3)no2)C1. The summed E-state index contributed by atoms with van der Waals surface area (Å²) in [5, 5.41) is 7.08. The normalized spacial score (nSPS) is 18.7. The number of urea groups is 1. The number of likely N-dealkylation sites (tertiary alicyclic amines) is 1. The number of nitrogens with zero attached hydrogens (tertiary/aromatic N) is 4. The van der Waals surface area contributed by atoms with Crippen LogP contribution >= 0.6 is 0 Å². The minimum absolute atomic E-state index is 0.0158. The van der Waals surface area contributed by atoms with Gasteiger partial charge in [0.1, 0.15) is 5.82 Å². The number of benzene rings is 2. The second-order valence-electron chi connectivity index (χ2n) is 8.78. The summed E-state index contributed by atoms with van der Waals surface area (Å²) in [6.45, 7) is 4.65. The lowest BCUT2D eigenvalue weighted by molar-refractivity contribution is 0.169. The monoisotopic (exact) mass is 449 g/mol. The van der Waals surface area contributed by atoms with Gasteiger partial charge in [-0.05, 0) is 42.5 Å². The molecule has 1 aromatic heterocycles. The number of rotatable bonds is 5. The molecule has 0 aliphatic carbocycles. The highest BCUT2D eigenvalue weighted by Gasteiger charge is 2.29. The summed E-state index contributed by atoms with van der Waals surface area (Å²) < 4.78 is 19.0. The van der Waals surface area contributed by atoms with E-state index in [-0.39, 0.29) is 17.8 Å². The van der Waals surface area contributed by atoms with Gasteiger partial charge in [0.2, 0.25) is 11.7 Å². The molecule has 33 heavy (non-hydrogen) atoms. The molecule has 2 aliphatic rings. The van der Waals surface area contributed by atoms with Crippen LogP contribution in [0, 0.1) is 5.82 Å². The Morgan fingerprint density at radius 3 is 2.91 bits per heavy atom. The maximum atomic E-state index is 13.5. The minimum Gasteiger partial charge on any atom is -0.339 e. The third-order valence-electron chi connectivity index (χ3n) is 6.50. The fraction of sp³-hybridized carbons (Fsp3) is 0.400. The van der Waals surface area contributed by atoms with Gasteiger partial charge in [-0.1, -0.05) is 41.6 Å². The molecule has 3 heterocycles. The highest BCUT2D eigenvalue weighted by molar-refractivity contribution is 5.74. The summed E-state index contributed by atoms with van der Waals surface area (Å²) in [5.74, 6) is 0.513. The second kappa shape index (κ2) is 9.70. The topological polar surface area (TPSA) is 74.5 Å². The van der Waals surface area contributed by atoms with Crippen molar-refractivity contribution >= 4 is 6.03 Å². The molecule has 1 atom stereocenters. The molecule has 0 saturated carbocycles. The predicted octanol–water partition coefficient (Wildman–Crippen LogP) is 3.82. The first-order valence-corrected chi connectivity index (χ1v) is 11.6. The van der Waals surface area contributed by atoms with Crippen molar-refractivity contribution in [2.45, 2.75) is 31.7 Å². The summed E-state index contributed by atoms with van der Waals surface area (Å²) in [7, 11) is 0. The number of fused-ring (bicyclic) bond motifs is 1. The van der Waals surface area contributed by atoms with E-state index in [2.05, 4.69) is 44.6 Å². The molecule has 2 aromatic carbocycles. The molecule has 1 saturated heterocycles. The van der Waals surface area contributed by atoms with E-state index in [9.17, 15) is 9.18 Å². The first-order valence-electron chi connectivity index (χ1n) is 11.6. The number of piperidine rings is 1. The van der Waals surface area contributed by atoms with E-state index >= 15 is 0 Å². The molecule has 172 valence electrons. The Balaban J connectivity index is 1.12. The number of halogens is 1. The molecule has 7 nitrogen and oxygen atoms in total. The molecule has 1 N–H and O–H groups in total.